The lowest BCUT2D eigenvalue weighted by molar-refractivity contribution is 0.936. The van der Waals surface area contributed by atoms with Gasteiger partial charge in [0.2, 0.25) is 0 Å². The summed E-state index contributed by atoms with van der Waals surface area (Å²) in [5, 5.41) is 8.59. The molecule has 0 radical (unpaired) electrons. The smallest absolute Gasteiger partial charge is 0.146 e. The highest BCUT2D eigenvalue weighted by Crippen LogP contribution is 2.14. The summed E-state index contributed by atoms with van der Waals surface area (Å²) in [7, 11) is 0. The van der Waals surface area contributed by atoms with Gasteiger partial charge in [0.15, 0.2) is 0 Å². The van der Waals surface area contributed by atoms with Gasteiger partial charge in [0, 0.05) is 0 Å². The molecular formula is C7H11N3S. The van der Waals surface area contributed by atoms with Gasteiger partial charge in [0.25, 0.3) is 0 Å². The molecule has 0 spiro atoms. The van der Waals surface area contributed by atoms with E-state index >= 15 is 0 Å². The van der Waals surface area contributed by atoms with Crippen LogP contribution in [0.1, 0.15) is 13.3 Å². The number of hydrogen-bond donors (Lipinski definition) is 1. The van der Waals surface area contributed by atoms with Gasteiger partial charge < -0.3 is 5.73 Å². The number of thioether (sulfide) groups is 1. The van der Waals surface area contributed by atoms with Crippen LogP contribution in [0.2, 0.25) is 0 Å². The third kappa shape index (κ3) is 2.76. The normalized spacial score (nSPS) is 9.91. The Hall–Kier alpha value is -0.770. The zero-order chi connectivity index (χ0) is 8.10. The summed E-state index contributed by atoms with van der Waals surface area (Å²) in [6.07, 6.45) is 1.15. The van der Waals surface area contributed by atoms with Crippen LogP contribution in [0.3, 0.4) is 0 Å². The second-order valence-corrected chi connectivity index (χ2v) is 3.26. The monoisotopic (exact) mass is 169 g/mol. The van der Waals surface area contributed by atoms with Gasteiger partial charge in [-0.2, -0.15) is 0 Å². The van der Waals surface area contributed by atoms with Crippen molar-refractivity contribution in [2.24, 2.45) is 0 Å². The summed E-state index contributed by atoms with van der Waals surface area (Å²) in [6.45, 7) is 2.14. The molecule has 0 unspecified atom stereocenters. The van der Waals surface area contributed by atoms with Crippen molar-refractivity contribution in [3.63, 3.8) is 0 Å². The van der Waals surface area contributed by atoms with Gasteiger partial charge in [0.1, 0.15) is 10.8 Å². The first-order valence-electron chi connectivity index (χ1n) is 3.55. The maximum atomic E-state index is 5.37. The van der Waals surface area contributed by atoms with Gasteiger partial charge in [-0.15, -0.1) is 22.0 Å². The molecule has 0 saturated heterocycles. The molecule has 0 amide bonds. The Morgan fingerprint density at radius 1 is 1.45 bits per heavy atom. The molecule has 0 atom stereocenters. The first-order chi connectivity index (χ1) is 5.33. The number of rotatable bonds is 3. The predicted molar refractivity (Wildman–Crippen MR) is 47.5 cm³/mol. The van der Waals surface area contributed by atoms with Crippen LogP contribution >= 0.6 is 11.8 Å². The van der Waals surface area contributed by atoms with E-state index in [2.05, 4.69) is 17.1 Å². The molecule has 60 valence electrons. The summed E-state index contributed by atoms with van der Waals surface area (Å²) >= 11 is 1.70. The van der Waals surface area contributed by atoms with Crippen molar-refractivity contribution < 1.29 is 0 Å². The third-order valence-corrected chi connectivity index (χ3v) is 2.24. The minimum Gasteiger partial charge on any atom is -0.382 e. The van der Waals surface area contributed by atoms with Crippen molar-refractivity contribution in [3.8, 4) is 0 Å². The zero-order valence-electron chi connectivity index (χ0n) is 6.45. The van der Waals surface area contributed by atoms with Crippen molar-refractivity contribution in [1.82, 2.24) is 10.2 Å². The highest BCUT2D eigenvalue weighted by molar-refractivity contribution is 7.99. The van der Waals surface area contributed by atoms with E-state index in [1.807, 2.05) is 6.07 Å². The molecule has 1 aromatic heterocycles. The Morgan fingerprint density at radius 2 is 2.27 bits per heavy atom. The first kappa shape index (κ1) is 8.33. The average Bonchev–Trinajstić information content (AvgIpc) is 2.04. The van der Waals surface area contributed by atoms with Crippen LogP contribution in [-0.2, 0) is 0 Å². The van der Waals surface area contributed by atoms with Gasteiger partial charge >= 0.3 is 0 Å². The van der Waals surface area contributed by atoms with Crippen LogP contribution in [0.4, 0.5) is 5.82 Å². The fraction of sp³-hybridized carbons (Fsp3) is 0.429. The molecule has 4 heteroatoms. The van der Waals surface area contributed by atoms with Crippen LogP contribution in [0, 0.1) is 0 Å². The van der Waals surface area contributed by atoms with E-state index in [-0.39, 0.29) is 0 Å². The quantitative estimate of drug-likeness (QED) is 0.698. The van der Waals surface area contributed by atoms with Crippen LogP contribution in [0.25, 0.3) is 0 Å². The number of nitrogen functional groups attached to an aromatic ring is 1. The van der Waals surface area contributed by atoms with Gasteiger partial charge in [-0.05, 0) is 24.3 Å². The molecule has 11 heavy (non-hydrogen) atoms. The van der Waals surface area contributed by atoms with Crippen molar-refractivity contribution in [2.45, 2.75) is 18.4 Å². The standard InChI is InChI=1S/C7H11N3S/c1-2-5-11-7-4-3-6(8)9-10-7/h3-4H,2,5H2,1H3,(H2,8,9). The second kappa shape index (κ2) is 4.18. The molecule has 1 rings (SSSR count). The Bertz CT molecular complexity index is 209. The van der Waals surface area contributed by atoms with Crippen molar-refractivity contribution in [3.05, 3.63) is 12.1 Å². The fourth-order valence-electron chi connectivity index (χ4n) is 0.614. The van der Waals surface area contributed by atoms with E-state index in [9.17, 15) is 0 Å². The topological polar surface area (TPSA) is 51.8 Å². The van der Waals surface area contributed by atoms with Crippen LogP contribution in [0.5, 0.6) is 0 Å². The van der Waals surface area contributed by atoms with Gasteiger partial charge in [0.05, 0.1) is 0 Å². The van der Waals surface area contributed by atoms with Crippen molar-refractivity contribution >= 4 is 17.6 Å². The van der Waals surface area contributed by atoms with E-state index < -0.39 is 0 Å². The van der Waals surface area contributed by atoms with Crippen LogP contribution in [0.15, 0.2) is 17.2 Å². The fourth-order valence-corrected chi connectivity index (χ4v) is 1.29. The van der Waals surface area contributed by atoms with Crippen molar-refractivity contribution in [2.75, 3.05) is 11.5 Å². The van der Waals surface area contributed by atoms with Crippen molar-refractivity contribution in [1.29, 1.82) is 0 Å². The summed E-state index contributed by atoms with van der Waals surface area (Å²) in [4.78, 5) is 0. The molecule has 0 bridgehead atoms. The first-order valence-corrected chi connectivity index (χ1v) is 4.53. The molecule has 0 aliphatic heterocycles. The third-order valence-electron chi connectivity index (χ3n) is 1.11. The number of anilines is 1. The van der Waals surface area contributed by atoms with Gasteiger partial charge in [-0.1, -0.05) is 6.92 Å². The van der Waals surface area contributed by atoms with E-state index in [4.69, 9.17) is 5.73 Å². The highest BCUT2D eigenvalue weighted by atomic mass is 32.2. The molecule has 0 aliphatic carbocycles. The summed E-state index contributed by atoms with van der Waals surface area (Å²) in [6, 6.07) is 3.66. The number of nitrogens with zero attached hydrogens (tertiary/aromatic N) is 2. The largest absolute Gasteiger partial charge is 0.382 e. The zero-order valence-corrected chi connectivity index (χ0v) is 7.27. The number of hydrogen-bond acceptors (Lipinski definition) is 4. The van der Waals surface area contributed by atoms with E-state index in [1.54, 1.807) is 17.8 Å². The molecule has 1 aromatic rings. The molecule has 0 aromatic carbocycles. The molecule has 0 fully saturated rings. The highest BCUT2D eigenvalue weighted by Gasteiger charge is 1.93. The molecule has 0 aliphatic rings. The van der Waals surface area contributed by atoms with Gasteiger partial charge in [-0.3, -0.25) is 0 Å². The maximum Gasteiger partial charge on any atom is 0.146 e. The lowest BCUT2D eigenvalue weighted by atomic mass is 10.5. The Labute approximate surface area is 70.4 Å². The second-order valence-electron chi connectivity index (χ2n) is 2.14. The Kier molecular flexibility index (Phi) is 3.16. The Morgan fingerprint density at radius 3 is 2.82 bits per heavy atom. The summed E-state index contributed by atoms with van der Waals surface area (Å²) in [5.41, 5.74) is 5.37. The predicted octanol–water partition coefficient (Wildman–Crippen LogP) is 1.56. The molecule has 2 N–H and O–H groups in total. The van der Waals surface area contributed by atoms with E-state index in [1.165, 1.54) is 0 Å². The van der Waals surface area contributed by atoms with E-state index in [0.717, 1.165) is 17.2 Å². The molecular weight excluding hydrogens is 158 g/mol. The molecule has 0 saturated carbocycles. The van der Waals surface area contributed by atoms with E-state index in [0.29, 0.717) is 5.82 Å². The van der Waals surface area contributed by atoms with Crippen LogP contribution < -0.4 is 5.73 Å². The molecule has 3 nitrogen and oxygen atoms in total. The molecule has 1 heterocycles. The minimum atomic E-state index is 0.478. The summed E-state index contributed by atoms with van der Waals surface area (Å²) in [5.74, 6) is 1.56. The summed E-state index contributed by atoms with van der Waals surface area (Å²) < 4.78 is 0. The SMILES string of the molecule is CCCSc1ccc(N)nn1. The van der Waals surface area contributed by atoms with Crippen LogP contribution in [-0.4, -0.2) is 16.0 Å². The minimum absolute atomic E-state index is 0.478. The maximum absolute atomic E-state index is 5.37. The lowest BCUT2D eigenvalue weighted by Crippen LogP contribution is -1.92. The number of nitrogens with two attached hydrogens (primary N) is 1. The Balaban J connectivity index is 2.52. The average molecular weight is 169 g/mol. The lowest BCUT2D eigenvalue weighted by Gasteiger charge is -1.96. The number of aromatic nitrogens is 2. The van der Waals surface area contributed by atoms with Gasteiger partial charge in [-0.25, -0.2) is 0 Å².